The Morgan fingerprint density at radius 3 is 1.89 bits per heavy atom. The van der Waals surface area contributed by atoms with Gasteiger partial charge in [-0.05, 0) is 67.7 Å². The molecule has 47 heavy (non-hydrogen) atoms. The van der Waals surface area contributed by atoms with E-state index in [1.165, 1.54) is 13.8 Å². The topological polar surface area (TPSA) is 124 Å². The number of aromatic nitrogens is 4. The molecule has 0 unspecified atom stereocenters. The van der Waals surface area contributed by atoms with Crippen LogP contribution in [-0.2, 0) is 9.47 Å². The zero-order valence-electron chi connectivity index (χ0n) is 27.0. The zero-order chi connectivity index (χ0) is 32.9. The first-order valence-corrected chi connectivity index (χ1v) is 15.8. The van der Waals surface area contributed by atoms with E-state index >= 15 is 0 Å². The fourth-order valence-corrected chi connectivity index (χ4v) is 5.88. The van der Waals surface area contributed by atoms with E-state index in [1.54, 1.807) is 9.13 Å². The van der Waals surface area contributed by atoms with E-state index in [0.29, 0.717) is 61.5 Å². The Morgan fingerprint density at radius 1 is 0.702 bits per heavy atom. The van der Waals surface area contributed by atoms with E-state index in [0.717, 1.165) is 54.0 Å². The van der Waals surface area contributed by atoms with Gasteiger partial charge in [0.25, 0.3) is 0 Å². The number of likely N-dealkylation sites (N-methyl/N-ethyl adjacent to an activating group) is 1. The maximum Gasteiger partial charge on any atom is 0.229 e. The zero-order valence-corrected chi connectivity index (χ0v) is 27.0. The minimum Gasteiger partial charge on any atom is -0.491 e. The molecule has 1 saturated heterocycles. The maximum absolute atomic E-state index is 12.9. The molecule has 3 aromatic carbocycles. The fourth-order valence-electron chi connectivity index (χ4n) is 5.88. The molecule has 0 amide bonds. The monoisotopic (exact) mass is 640 g/mol. The molecular formula is C35H40N6O6. The van der Waals surface area contributed by atoms with Gasteiger partial charge in [0.2, 0.25) is 11.8 Å². The normalized spacial score (nSPS) is 13.9. The van der Waals surface area contributed by atoms with Gasteiger partial charge in [-0.3, -0.25) is 18.7 Å². The number of fused-ring (bicyclic) bond motifs is 2. The Balaban J connectivity index is 1.25. The number of nitrogens with zero attached hydrogens (tertiary/aromatic N) is 6. The fraction of sp³-hybridized carbons (Fsp3) is 0.371. The highest BCUT2D eigenvalue weighted by Crippen LogP contribution is 2.32. The van der Waals surface area contributed by atoms with E-state index in [1.807, 2.05) is 48.5 Å². The minimum atomic E-state index is -0.164. The molecule has 1 N–H and O–H groups in total. The Kier molecular flexibility index (Phi) is 9.92. The molecule has 12 nitrogen and oxygen atoms in total. The summed E-state index contributed by atoms with van der Waals surface area (Å²) in [6, 6.07) is 19.1. The second-order valence-electron chi connectivity index (χ2n) is 11.6. The van der Waals surface area contributed by atoms with Gasteiger partial charge < -0.3 is 29.1 Å². The Morgan fingerprint density at radius 2 is 1.26 bits per heavy atom. The van der Waals surface area contributed by atoms with Crippen LogP contribution in [0, 0.1) is 0 Å². The van der Waals surface area contributed by atoms with Crippen LogP contribution in [0.5, 0.6) is 5.75 Å². The second-order valence-corrected chi connectivity index (χ2v) is 11.6. The third kappa shape index (κ3) is 7.05. The Labute approximate surface area is 273 Å². The number of hydrogen-bond acceptors (Lipinski definition) is 10. The van der Waals surface area contributed by atoms with Crippen LogP contribution >= 0.6 is 0 Å². The van der Waals surface area contributed by atoms with Crippen molar-refractivity contribution in [1.82, 2.24) is 24.0 Å². The number of imidazole rings is 2. The number of aliphatic hydroxyl groups is 1. The van der Waals surface area contributed by atoms with Gasteiger partial charge in [0, 0.05) is 56.8 Å². The molecule has 0 bridgehead atoms. The van der Waals surface area contributed by atoms with Crippen molar-refractivity contribution in [3.05, 3.63) is 60.7 Å². The van der Waals surface area contributed by atoms with E-state index in [-0.39, 0.29) is 18.4 Å². The molecule has 3 heterocycles. The van der Waals surface area contributed by atoms with Gasteiger partial charge in [-0.15, -0.1) is 0 Å². The van der Waals surface area contributed by atoms with E-state index in [9.17, 15) is 9.59 Å². The van der Waals surface area contributed by atoms with Crippen LogP contribution < -0.4 is 9.64 Å². The molecule has 0 spiro atoms. The van der Waals surface area contributed by atoms with Crippen LogP contribution in [-0.4, -0.2) is 114 Å². The maximum atomic E-state index is 12.9. The van der Waals surface area contributed by atoms with E-state index < -0.39 is 0 Å². The predicted molar refractivity (Wildman–Crippen MR) is 180 cm³/mol. The first-order chi connectivity index (χ1) is 22.8. The summed E-state index contributed by atoms with van der Waals surface area (Å²) in [6.07, 6.45) is 0. The molecule has 0 atom stereocenters. The summed E-state index contributed by atoms with van der Waals surface area (Å²) in [5.41, 5.74) is 5.37. The lowest BCUT2D eigenvalue weighted by molar-refractivity contribution is 0.0247. The first-order valence-electron chi connectivity index (χ1n) is 15.8. The summed E-state index contributed by atoms with van der Waals surface area (Å²) in [4.78, 5) is 40.2. The van der Waals surface area contributed by atoms with Gasteiger partial charge >= 0.3 is 0 Å². The van der Waals surface area contributed by atoms with Crippen LogP contribution in [0.15, 0.2) is 60.7 Å². The third-order valence-corrected chi connectivity index (χ3v) is 8.27. The number of hydrogen-bond donors (Lipinski definition) is 1. The highest BCUT2D eigenvalue weighted by atomic mass is 16.5. The molecule has 246 valence electrons. The number of piperazine rings is 1. The molecule has 12 heteroatoms. The van der Waals surface area contributed by atoms with Crippen LogP contribution in [0.2, 0.25) is 0 Å². The number of anilines is 1. The summed E-state index contributed by atoms with van der Waals surface area (Å²) < 4.78 is 19.7. The van der Waals surface area contributed by atoms with Gasteiger partial charge in [0.05, 0.1) is 55.1 Å². The molecule has 6 rings (SSSR count). The van der Waals surface area contributed by atoms with Crippen LogP contribution in [0.4, 0.5) is 5.69 Å². The highest BCUT2D eigenvalue weighted by molar-refractivity contribution is 5.98. The number of aliphatic hydroxyl groups excluding tert-OH is 1. The lowest BCUT2D eigenvalue weighted by atomic mass is 10.2. The SMILES string of the molecule is CC(=O)n1c(-c2ccc(OCCOCCOCCO)cc2)nc2cc(-c3nc4cc(N5CCN(C)CC5)ccc4n3C(C)=O)ccc21. The van der Waals surface area contributed by atoms with Gasteiger partial charge in [-0.1, -0.05) is 0 Å². The van der Waals surface area contributed by atoms with Gasteiger partial charge in [-0.25, -0.2) is 9.97 Å². The van der Waals surface area contributed by atoms with Crippen molar-refractivity contribution in [2.75, 3.05) is 77.8 Å². The molecule has 5 aromatic rings. The highest BCUT2D eigenvalue weighted by Gasteiger charge is 2.21. The Hall–Kier alpha value is -4.62. The van der Waals surface area contributed by atoms with E-state index in [2.05, 4.69) is 29.0 Å². The molecule has 1 aliphatic rings. The quantitative estimate of drug-likeness (QED) is 0.199. The lowest BCUT2D eigenvalue weighted by Crippen LogP contribution is -2.44. The minimum absolute atomic E-state index is 0.00781. The second kappa shape index (κ2) is 14.4. The van der Waals surface area contributed by atoms with E-state index in [4.69, 9.17) is 29.3 Å². The smallest absolute Gasteiger partial charge is 0.229 e. The van der Waals surface area contributed by atoms with Crippen molar-refractivity contribution in [1.29, 1.82) is 0 Å². The molecule has 2 aromatic heterocycles. The standard InChI is InChI=1S/C35H40N6O6/c1-24(43)40-32-10-6-27(35-37-31-23-28(39-14-12-38(3)13-15-39)7-11-33(31)41(35)25(2)44)22-30(32)36-34(40)26-4-8-29(9-5-26)47-21-20-46-19-18-45-17-16-42/h4-11,22-23,42H,12-21H2,1-3H3. The third-order valence-electron chi connectivity index (χ3n) is 8.27. The molecule has 0 radical (unpaired) electrons. The number of ether oxygens (including phenoxy) is 3. The lowest BCUT2D eigenvalue weighted by Gasteiger charge is -2.34. The molecule has 0 saturated carbocycles. The van der Waals surface area contributed by atoms with Gasteiger partial charge in [-0.2, -0.15) is 0 Å². The summed E-state index contributed by atoms with van der Waals surface area (Å²) >= 11 is 0. The van der Waals surface area contributed by atoms with Crippen LogP contribution in [0.1, 0.15) is 23.4 Å². The Bertz CT molecular complexity index is 1870. The van der Waals surface area contributed by atoms with Crippen molar-refractivity contribution in [3.8, 4) is 28.5 Å². The largest absolute Gasteiger partial charge is 0.491 e. The number of carbonyl (C=O) groups excluding carboxylic acids is 2. The van der Waals surface area contributed by atoms with Crippen LogP contribution in [0.25, 0.3) is 44.8 Å². The summed E-state index contributed by atoms with van der Waals surface area (Å²) in [5, 5.41) is 8.73. The summed E-state index contributed by atoms with van der Waals surface area (Å²) in [6.45, 7) is 8.83. The molecule has 0 aliphatic carbocycles. The first kappa shape index (κ1) is 32.3. The number of carbonyl (C=O) groups is 2. The van der Waals surface area contributed by atoms with Crippen LogP contribution in [0.3, 0.4) is 0 Å². The van der Waals surface area contributed by atoms with Gasteiger partial charge in [0.15, 0.2) is 0 Å². The summed E-state index contributed by atoms with van der Waals surface area (Å²) in [5.74, 6) is 1.42. The van der Waals surface area contributed by atoms with Crippen molar-refractivity contribution < 1.29 is 28.9 Å². The molecular weight excluding hydrogens is 600 g/mol. The average molecular weight is 641 g/mol. The summed E-state index contributed by atoms with van der Waals surface area (Å²) in [7, 11) is 2.13. The average Bonchev–Trinajstić information content (AvgIpc) is 3.65. The van der Waals surface area contributed by atoms with Crippen molar-refractivity contribution >= 4 is 39.6 Å². The van der Waals surface area contributed by atoms with Gasteiger partial charge in [0.1, 0.15) is 24.0 Å². The molecule has 1 fully saturated rings. The van der Waals surface area contributed by atoms with Crippen molar-refractivity contribution in [3.63, 3.8) is 0 Å². The van der Waals surface area contributed by atoms with Crippen molar-refractivity contribution in [2.45, 2.75) is 13.8 Å². The van der Waals surface area contributed by atoms with Crippen molar-refractivity contribution in [2.24, 2.45) is 0 Å². The number of benzene rings is 3. The number of rotatable bonds is 12. The molecule has 1 aliphatic heterocycles. The predicted octanol–water partition coefficient (Wildman–Crippen LogP) is 4.20.